The topological polar surface area (TPSA) is 73.3 Å². The van der Waals surface area contributed by atoms with E-state index in [0.717, 1.165) is 37.6 Å². The van der Waals surface area contributed by atoms with E-state index < -0.39 is 0 Å². The van der Waals surface area contributed by atoms with Crippen LogP contribution in [0.3, 0.4) is 0 Å². The van der Waals surface area contributed by atoms with Crippen molar-refractivity contribution in [2.75, 3.05) is 25.1 Å². The predicted octanol–water partition coefficient (Wildman–Crippen LogP) is 1.63. The number of aromatic nitrogens is 4. The molecule has 0 saturated carbocycles. The molecule has 2 aromatic rings. The van der Waals surface area contributed by atoms with Gasteiger partial charge in [0, 0.05) is 12.7 Å². The number of methoxy groups -OCH3 is 1. The Morgan fingerprint density at radius 3 is 2.77 bits per heavy atom. The van der Waals surface area contributed by atoms with Gasteiger partial charge in [-0.25, -0.2) is 9.97 Å². The van der Waals surface area contributed by atoms with E-state index in [1.807, 2.05) is 13.0 Å². The lowest BCUT2D eigenvalue weighted by atomic mass is 10.1. The Bertz CT molecular complexity index is 620. The Morgan fingerprint density at radius 2 is 2.05 bits per heavy atom. The van der Waals surface area contributed by atoms with Gasteiger partial charge >= 0.3 is 6.01 Å². The van der Waals surface area contributed by atoms with Gasteiger partial charge in [0.05, 0.1) is 26.0 Å². The second kappa shape index (κ2) is 6.55. The van der Waals surface area contributed by atoms with E-state index in [-0.39, 0.29) is 6.10 Å². The Balaban J connectivity index is 1.65. The van der Waals surface area contributed by atoms with E-state index in [9.17, 15) is 0 Å². The lowest BCUT2D eigenvalue weighted by molar-refractivity contribution is 0.163. The molecule has 1 atom stereocenters. The van der Waals surface area contributed by atoms with Gasteiger partial charge in [0.1, 0.15) is 17.7 Å². The van der Waals surface area contributed by atoms with Gasteiger partial charge in [-0.1, -0.05) is 0 Å². The summed E-state index contributed by atoms with van der Waals surface area (Å²) in [4.78, 5) is 19.1. The zero-order valence-corrected chi connectivity index (χ0v) is 12.8. The summed E-state index contributed by atoms with van der Waals surface area (Å²) in [6.45, 7) is 3.64. The van der Waals surface area contributed by atoms with Gasteiger partial charge in [-0.2, -0.15) is 9.97 Å². The van der Waals surface area contributed by atoms with Gasteiger partial charge in [0.2, 0.25) is 0 Å². The molecule has 0 amide bonds. The molecular weight excluding hydrogens is 282 g/mol. The molecule has 7 nitrogen and oxygen atoms in total. The van der Waals surface area contributed by atoms with E-state index in [1.165, 1.54) is 0 Å². The minimum atomic E-state index is 0.0532. The highest BCUT2D eigenvalue weighted by molar-refractivity contribution is 5.38. The summed E-state index contributed by atoms with van der Waals surface area (Å²) in [5, 5.41) is 0. The van der Waals surface area contributed by atoms with Crippen molar-refractivity contribution < 1.29 is 9.47 Å². The third kappa shape index (κ3) is 3.41. The van der Waals surface area contributed by atoms with E-state index >= 15 is 0 Å². The lowest BCUT2D eigenvalue weighted by Gasteiger charge is -2.33. The van der Waals surface area contributed by atoms with Gasteiger partial charge in [0.25, 0.3) is 0 Å². The lowest BCUT2D eigenvalue weighted by Crippen LogP contribution is -2.41. The number of piperidine rings is 1. The predicted molar refractivity (Wildman–Crippen MR) is 81.2 cm³/mol. The smallest absolute Gasteiger partial charge is 0.316 e. The molecule has 0 radical (unpaired) electrons. The summed E-state index contributed by atoms with van der Waals surface area (Å²) in [5.74, 6) is 2.34. The van der Waals surface area contributed by atoms with Crippen LogP contribution in [0.2, 0.25) is 0 Å². The van der Waals surface area contributed by atoms with Crippen molar-refractivity contribution in [1.82, 2.24) is 19.9 Å². The van der Waals surface area contributed by atoms with Crippen LogP contribution in [0.25, 0.3) is 0 Å². The maximum Gasteiger partial charge on any atom is 0.316 e. The molecule has 0 aliphatic carbocycles. The van der Waals surface area contributed by atoms with Gasteiger partial charge < -0.3 is 14.4 Å². The van der Waals surface area contributed by atoms with Crippen molar-refractivity contribution in [2.45, 2.75) is 25.9 Å². The van der Waals surface area contributed by atoms with Crippen molar-refractivity contribution in [1.29, 1.82) is 0 Å². The fraction of sp³-hybridized carbons (Fsp3) is 0.467. The molecule has 0 aromatic carbocycles. The third-order valence-corrected chi connectivity index (χ3v) is 3.58. The summed E-state index contributed by atoms with van der Waals surface area (Å²) < 4.78 is 10.9. The monoisotopic (exact) mass is 301 g/mol. The molecule has 0 spiro atoms. The number of ether oxygens (including phenoxy) is 2. The molecule has 1 aliphatic heterocycles. The molecular formula is C15H19N5O2. The fourth-order valence-corrected chi connectivity index (χ4v) is 2.48. The first kappa shape index (κ1) is 14.5. The minimum Gasteiger partial charge on any atom is -0.494 e. The largest absolute Gasteiger partial charge is 0.494 e. The maximum absolute atomic E-state index is 5.87. The number of anilines is 1. The van der Waals surface area contributed by atoms with E-state index in [2.05, 4.69) is 24.8 Å². The van der Waals surface area contributed by atoms with Crippen LogP contribution in [0.15, 0.2) is 24.7 Å². The van der Waals surface area contributed by atoms with Crippen LogP contribution in [0.5, 0.6) is 11.8 Å². The van der Waals surface area contributed by atoms with Gasteiger partial charge in [-0.3, -0.25) is 0 Å². The van der Waals surface area contributed by atoms with Crippen LogP contribution >= 0.6 is 0 Å². The second-order valence-electron chi connectivity index (χ2n) is 5.20. The standard InChI is InChI=1S/C15H19N5O2/c1-11-16-6-5-14(19-11)20-7-3-4-12(10-20)22-15-17-8-13(21-2)9-18-15/h5-6,8-9,12H,3-4,7,10H2,1-2H3. The summed E-state index contributed by atoms with van der Waals surface area (Å²) in [6, 6.07) is 2.31. The first-order valence-corrected chi connectivity index (χ1v) is 7.32. The summed E-state index contributed by atoms with van der Waals surface area (Å²) in [5.41, 5.74) is 0. The zero-order valence-electron chi connectivity index (χ0n) is 12.8. The average molecular weight is 301 g/mol. The molecule has 1 fully saturated rings. The molecule has 1 unspecified atom stereocenters. The van der Waals surface area contributed by atoms with E-state index in [0.29, 0.717) is 11.8 Å². The summed E-state index contributed by atoms with van der Waals surface area (Å²) in [7, 11) is 1.59. The number of nitrogens with zero attached hydrogens (tertiary/aromatic N) is 5. The Labute approximate surface area is 129 Å². The highest BCUT2D eigenvalue weighted by atomic mass is 16.5. The van der Waals surface area contributed by atoms with Gasteiger partial charge in [-0.05, 0) is 25.8 Å². The zero-order chi connectivity index (χ0) is 15.4. The molecule has 0 N–H and O–H groups in total. The number of hydrogen-bond acceptors (Lipinski definition) is 7. The molecule has 1 aliphatic rings. The molecule has 3 rings (SSSR count). The van der Waals surface area contributed by atoms with Crippen LogP contribution in [0.1, 0.15) is 18.7 Å². The van der Waals surface area contributed by atoms with Crippen molar-refractivity contribution >= 4 is 5.82 Å². The molecule has 2 aromatic heterocycles. The Kier molecular flexibility index (Phi) is 4.32. The number of rotatable bonds is 4. The van der Waals surface area contributed by atoms with Crippen LogP contribution in [-0.2, 0) is 0 Å². The van der Waals surface area contributed by atoms with Crippen LogP contribution in [-0.4, -0.2) is 46.2 Å². The summed E-state index contributed by atoms with van der Waals surface area (Å²) in [6.07, 6.45) is 7.08. The molecule has 22 heavy (non-hydrogen) atoms. The molecule has 7 heteroatoms. The molecule has 116 valence electrons. The van der Waals surface area contributed by atoms with Crippen molar-refractivity contribution in [3.05, 3.63) is 30.5 Å². The second-order valence-corrected chi connectivity index (χ2v) is 5.20. The van der Waals surface area contributed by atoms with Gasteiger partial charge in [-0.15, -0.1) is 0 Å². The van der Waals surface area contributed by atoms with E-state index in [1.54, 1.807) is 25.7 Å². The molecule has 1 saturated heterocycles. The third-order valence-electron chi connectivity index (χ3n) is 3.58. The quantitative estimate of drug-likeness (QED) is 0.849. The highest BCUT2D eigenvalue weighted by Gasteiger charge is 2.23. The summed E-state index contributed by atoms with van der Waals surface area (Å²) >= 11 is 0. The normalized spacial score (nSPS) is 18.1. The fourth-order valence-electron chi connectivity index (χ4n) is 2.48. The maximum atomic E-state index is 5.87. The number of aryl methyl sites for hydroxylation is 1. The first-order chi connectivity index (χ1) is 10.7. The van der Waals surface area contributed by atoms with Crippen LogP contribution in [0.4, 0.5) is 5.82 Å². The van der Waals surface area contributed by atoms with Crippen molar-refractivity contribution in [2.24, 2.45) is 0 Å². The highest BCUT2D eigenvalue weighted by Crippen LogP contribution is 2.20. The average Bonchev–Trinajstić information content (AvgIpc) is 2.56. The SMILES string of the molecule is COc1cnc(OC2CCCN(c3ccnc(C)n3)C2)nc1. The van der Waals surface area contributed by atoms with Crippen LogP contribution < -0.4 is 14.4 Å². The Morgan fingerprint density at radius 1 is 1.23 bits per heavy atom. The number of hydrogen-bond donors (Lipinski definition) is 0. The van der Waals surface area contributed by atoms with Crippen molar-refractivity contribution in [3.8, 4) is 11.8 Å². The van der Waals surface area contributed by atoms with E-state index in [4.69, 9.17) is 9.47 Å². The molecule has 0 bridgehead atoms. The van der Waals surface area contributed by atoms with Crippen LogP contribution in [0, 0.1) is 6.92 Å². The molecule has 3 heterocycles. The minimum absolute atomic E-state index is 0.0532. The first-order valence-electron chi connectivity index (χ1n) is 7.32. The van der Waals surface area contributed by atoms with Gasteiger partial charge in [0.15, 0.2) is 5.75 Å². The van der Waals surface area contributed by atoms with Crippen molar-refractivity contribution in [3.63, 3.8) is 0 Å². The Hall–Kier alpha value is -2.44.